The molecule has 0 saturated carbocycles. The Labute approximate surface area is 128 Å². The lowest BCUT2D eigenvalue weighted by Gasteiger charge is -2.33. The van der Waals surface area contributed by atoms with Gasteiger partial charge in [-0.3, -0.25) is 10.00 Å². The number of hydrogen-bond donors (Lipinski definition) is 1. The predicted molar refractivity (Wildman–Crippen MR) is 78.2 cm³/mol. The van der Waals surface area contributed by atoms with Crippen LogP contribution in [0.3, 0.4) is 0 Å². The number of aromatic nitrogens is 3. The molecule has 0 bridgehead atoms. The Morgan fingerprint density at radius 2 is 2.36 bits per heavy atom. The number of methoxy groups -OCH3 is 1. The topological polar surface area (TPSA) is 84.2 Å². The fraction of sp³-hybridized carbons (Fsp3) is 0.533. The number of H-pyrrole nitrogens is 1. The summed E-state index contributed by atoms with van der Waals surface area (Å²) in [6.07, 6.45) is 3.34. The number of hydrogen-bond acceptors (Lipinski definition) is 6. The molecule has 1 aliphatic rings. The molecule has 0 aromatic carbocycles. The van der Waals surface area contributed by atoms with E-state index >= 15 is 0 Å². The summed E-state index contributed by atoms with van der Waals surface area (Å²) in [5, 5.41) is 7.20. The first-order chi connectivity index (χ1) is 10.7. The van der Waals surface area contributed by atoms with Crippen molar-refractivity contribution in [2.45, 2.75) is 38.8 Å². The maximum atomic E-state index is 11.5. The molecule has 0 spiro atoms. The zero-order chi connectivity index (χ0) is 15.5. The average Bonchev–Trinajstić information content (AvgIpc) is 3.16. The summed E-state index contributed by atoms with van der Waals surface area (Å²) in [5.74, 6) is 2.19. The van der Waals surface area contributed by atoms with Crippen molar-refractivity contribution in [1.82, 2.24) is 20.1 Å². The standard InChI is InChI=1S/C15H20N4O3/c1-10-16-14(18-17-10)12-5-3-4-8-19(12)9-11-6-7-13(22-11)15(20)21-2/h6-7,12H,3-5,8-9H2,1-2H3,(H,16,17,18)/t12-/m0/s1. The number of nitrogens with zero attached hydrogens (tertiary/aromatic N) is 3. The first-order valence-corrected chi connectivity index (χ1v) is 7.47. The SMILES string of the molecule is COC(=O)c1ccc(CN2CCCC[C@H]2c2n[nH]c(C)n2)o1. The number of esters is 1. The van der Waals surface area contributed by atoms with E-state index in [-0.39, 0.29) is 11.8 Å². The summed E-state index contributed by atoms with van der Waals surface area (Å²) in [5.41, 5.74) is 0. The highest BCUT2D eigenvalue weighted by molar-refractivity contribution is 5.86. The maximum absolute atomic E-state index is 11.5. The molecule has 1 N–H and O–H groups in total. The molecule has 0 amide bonds. The molecule has 118 valence electrons. The number of likely N-dealkylation sites (tertiary alicyclic amines) is 1. The maximum Gasteiger partial charge on any atom is 0.373 e. The number of ether oxygens (including phenoxy) is 1. The monoisotopic (exact) mass is 304 g/mol. The molecule has 1 saturated heterocycles. The van der Waals surface area contributed by atoms with Gasteiger partial charge in [-0.25, -0.2) is 9.78 Å². The summed E-state index contributed by atoms with van der Waals surface area (Å²) >= 11 is 0. The van der Waals surface area contributed by atoms with Crippen LogP contribution < -0.4 is 0 Å². The third-order valence-corrected chi connectivity index (χ3v) is 3.93. The summed E-state index contributed by atoms with van der Waals surface area (Å²) in [7, 11) is 1.34. The van der Waals surface area contributed by atoms with E-state index in [1.54, 1.807) is 6.07 Å². The van der Waals surface area contributed by atoms with Gasteiger partial charge in [0.1, 0.15) is 11.6 Å². The van der Waals surface area contributed by atoms with E-state index in [0.717, 1.165) is 36.8 Å². The number of rotatable bonds is 4. The van der Waals surface area contributed by atoms with Gasteiger partial charge in [0.2, 0.25) is 5.76 Å². The molecule has 3 heterocycles. The molecule has 1 aliphatic heterocycles. The van der Waals surface area contributed by atoms with Gasteiger partial charge in [0.15, 0.2) is 5.82 Å². The zero-order valence-corrected chi connectivity index (χ0v) is 12.8. The summed E-state index contributed by atoms with van der Waals surface area (Å²) in [4.78, 5) is 18.2. The van der Waals surface area contributed by atoms with Crippen LogP contribution in [0.25, 0.3) is 0 Å². The number of carbonyl (C=O) groups excluding carboxylic acids is 1. The van der Waals surface area contributed by atoms with Gasteiger partial charge in [-0.05, 0) is 38.4 Å². The van der Waals surface area contributed by atoms with Gasteiger partial charge in [-0.2, -0.15) is 5.10 Å². The van der Waals surface area contributed by atoms with Crippen molar-refractivity contribution in [3.05, 3.63) is 35.3 Å². The first kappa shape index (κ1) is 14.8. The highest BCUT2D eigenvalue weighted by atomic mass is 16.5. The van der Waals surface area contributed by atoms with Gasteiger partial charge < -0.3 is 9.15 Å². The molecular formula is C15H20N4O3. The van der Waals surface area contributed by atoms with E-state index in [4.69, 9.17) is 4.42 Å². The lowest BCUT2D eigenvalue weighted by molar-refractivity contribution is 0.0558. The Morgan fingerprint density at radius 1 is 1.50 bits per heavy atom. The van der Waals surface area contributed by atoms with Crippen molar-refractivity contribution in [2.75, 3.05) is 13.7 Å². The van der Waals surface area contributed by atoms with Crippen molar-refractivity contribution in [3.63, 3.8) is 0 Å². The normalized spacial score (nSPS) is 19.3. The minimum absolute atomic E-state index is 0.186. The summed E-state index contributed by atoms with van der Waals surface area (Å²) in [6.45, 7) is 3.50. The Kier molecular flexibility index (Phi) is 4.24. The Bertz CT molecular complexity index is 649. The Morgan fingerprint density at radius 3 is 3.09 bits per heavy atom. The minimum atomic E-state index is -0.453. The first-order valence-electron chi connectivity index (χ1n) is 7.47. The largest absolute Gasteiger partial charge is 0.463 e. The van der Waals surface area contributed by atoms with Gasteiger partial charge in [0.25, 0.3) is 0 Å². The summed E-state index contributed by atoms with van der Waals surface area (Å²) in [6, 6.07) is 3.66. The van der Waals surface area contributed by atoms with E-state index in [2.05, 4.69) is 24.8 Å². The molecule has 1 atom stereocenters. The summed E-state index contributed by atoms with van der Waals surface area (Å²) < 4.78 is 10.2. The zero-order valence-electron chi connectivity index (χ0n) is 12.8. The van der Waals surface area contributed by atoms with Crippen molar-refractivity contribution in [3.8, 4) is 0 Å². The molecule has 2 aromatic rings. The van der Waals surface area contributed by atoms with E-state index in [1.807, 2.05) is 13.0 Å². The number of aromatic amines is 1. The molecule has 2 aromatic heterocycles. The van der Waals surface area contributed by atoms with Crippen molar-refractivity contribution >= 4 is 5.97 Å². The van der Waals surface area contributed by atoms with Crippen LogP contribution in [0.5, 0.6) is 0 Å². The van der Waals surface area contributed by atoms with Crippen LogP contribution in [0.4, 0.5) is 0 Å². The van der Waals surface area contributed by atoms with E-state index in [9.17, 15) is 4.79 Å². The van der Waals surface area contributed by atoms with Crippen molar-refractivity contribution < 1.29 is 13.9 Å². The smallest absolute Gasteiger partial charge is 0.373 e. The van der Waals surface area contributed by atoms with Crippen LogP contribution in [0.1, 0.15) is 53.3 Å². The molecule has 0 unspecified atom stereocenters. The van der Waals surface area contributed by atoms with Crippen LogP contribution in [-0.4, -0.2) is 39.7 Å². The van der Waals surface area contributed by atoms with Crippen LogP contribution in [0.2, 0.25) is 0 Å². The third kappa shape index (κ3) is 3.04. The van der Waals surface area contributed by atoms with E-state index in [0.29, 0.717) is 6.54 Å². The van der Waals surface area contributed by atoms with Crippen molar-refractivity contribution in [1.29, 1.82) is 0 Å². The van der Waals surface area contributed by atoms with E-state index < -0.39 is 5.97 Å². The Balaban J connectivity index is 1.74. The molecule has 22 heavy (non-hydrogen) atoms. The van der Waals surface area contributed by atoms with Gasteiger partial charge >= 0.3 is 5.97 Å². The highest BCUT2D eigenvalue weighted by Crippen LogP contribution is 2.30. The quantitative estimate of drug-likeness (QED) is 0.872. The molecule has 7 heteroatoms. The lowest BCUT2D eigenvalue weighted by atomic mass is 10.0. The van der Waals surface area contributed by atoms with Crippen molar-refractivity contribution in [2.24, 2.45) is 0 Å². The second kappa shape index (κ2) is 6.31. The molecule has 1 fully saturated rings. The van der Waals surface area contributed by atoms with Gasteiger partial charge in [0.05, 0.1) is 19.7 Å². The van der Waals surface area contributed by atoms with Crippen LogP contribution in [0, 0.1) is 6.92 Å². The number of furan rings is 1. The van der Waals surface area contributed by atoms with Gasteiger partial charge in [-0.1, -0.05) is 6.42 Å². The average molecular weight is 304 g/mol. The van der Waals surface area contributed by atoms with Gasteiger partial charge in [-0.15, -0.1) is 0 Å². The molecule has 0 aliphatic carbocycles. The Hall–Kier alpha value is -2.15. The number of aryl methyl sites for hydroxylation is 1. The van der Waals surface area contributed by atoms with Crippen LogP contribution in [0.15, 0.2) is 16.5 Å². The molecule has 7 nitrogen and oxygen atoms in total. The minimum Gasteiger partial charge on any atom is -0.463 e. The molecule has 0 radical (unpaired) electrons. The highest BCUT2D eigenvalue weighted by Gasteiger charge is 2.28. The number of piperidine rings is 1. The fourth-order valence-electron chi connectivity index (χ4n) is 2.86. The second-order valence-electron chi connectivity index (χ2n) is 5.52. The fourth-order valence-corrected chi connectivity index (χ4v) is 2.86. The molecular weight excluding hydrogens is 284 g/mol. The predicted octanol–water partition coefficient (Wildman–Crippen LogP) is 2.22. The van der Waals surface area contributed by atoms with Crippen LogP contribution >= 0.6 is 0 Å². The number of nitrogens with one attached hydrogen (secondary N) is 1. The van der Waals surface area contributed by atoms with E-state index in [1.165, 1.54) is 13.5 Å². The van der Waals surface area contributed by atoms with Gasteiger partial charge in [0, 0.05) is 0 Å². The second-order valence-corrected chi connectivity index (χ2v) is 5.52. The van der Waals surface area contributed by atoms with Crippen LogP contribution in [-0.2, 0) is 11.3 Å². The lowest BCUT2D eigenvalue weighted by Crippen LogP contribution is -2.33. The molecule has 3 rings (SSSR count). The number of carbonyl (C=O) groups is 1. The third-order valence-electron chi connectivity index (χ3n) is 3.93.